The van der Waals surface area contributed by atoms with Gasteiger partial charge in [0, 0.05) is 0 Å². The molecule has 0 saturated heterocycles. The molecular formula is C14H29B. The lowest BCUT2D eigenvalue weighted by Crippen LogP contribution is -2.27. The SMILES string of the molecule is [B][C@H](C)C(C)C(C)C(C)[C@@H](C)C(C)CC. The van der Waals surface area contributed by atoms with Crippen LogP contribution in [-0.4, -0.2) is 7.85 Å². The standard InChI is InChI=1S/C14H29B/c1-8-9(2)10(3)11(4)12(5)13(6)14(7)15/h9-14H,8H2,1-7H3/t9?,10-,11?,12?,13?,14+/m0/s1. The summed E-state index contributed by atoms with van der Waals surface area (Å²) < 4.78 is 0. The number of hydrogen-bond donors (Lipinski definition) is 0. The largest absolute Gasteiger partial charge is 0.0774 e. The summed E-state index contributed by atoms with van der Waals surface area (Å²) in [6.45, 7) is 16.2. The van der Waals surface area contributed by atoms with Crippen molar-refractivity contribution in [2.45, 2.75) is 60.7 Å². The molecule has 0 spiro atoms. The highest BCUT2D eigenvalue weighted by atomic mass is 14.3. The van der Waals surface area contributed by atoms with Crippen LogP contribution in [0.15, 0.2) is 0 Å². The van der Waals surface area contributed by atoms with Crippen molar-refractivity contribution in [3.05, 3.63) is 0 Å². The van der Waals surface area contributed by atoms with Crippen LogP contribution in [0, 0.1) is 29.6 Å². The van der Waals surface area contributed by atoms with Crippen molar-refractivity contribution in [3.8, 4) is 0 Å². The van der Waals surface area contributed by atoms with Crippen molar-refractivity contribution in [3.63, 3.8) is 0 Å². The predicted molar refractivity (Wildman–Crippen MR) is 71.3 cm³/mol. The first kappa shape index (κ1) is 15.1. The van der Waals surface area contributed by atoms with Gasteiger partial charge in [-0.1, -0.05) is 60.7 Å². The topological polar surface area (TPSA) is 0 Å². The Labute approximate surface area is 98.6 Å². The molecule has 88 valence electrons. The summed E-state index contributed by atoms with van der Waals surface area (Å²) in [6, 6.07) is 0. The van der Waals surface area contributed by atoms with E-state index in [1.807, 2.05) is 0 Å². The maximum absolute atomic E-state index is 5.98. The van der Waals surface area contributed by atoms with Gasteiger partial charge in [0.2, 0.25) is 0 Å². The zero-order chi connectivity index (χ0) is 12.2. The van der Waals surface area contributed by atoms with Crippen LogP contribution in [-0.2, 0) is 0 Å². The molecule has 1 heteroatoms. The van der Waals surface area contributed by atoms with Gasteiger partial charge in [-0.15, -0.1) is 0 Å². The zero-order valence-electron chi connectivity index (χ0n) is 11.7. The number of hydrogen-bond acceptors (Lipinski definition) is 0. The first-order valence-electron chi connectivity index (χ1n) is 6.58. The van der Waals surface area contributed by atoms with Crippen LogP contribution in [0.4, 0.5) is 0 Å². The maximum Gasteiger partial charge on any atom is 0.0699 e. The van der Waals surface area contributed by atoms with Gasteiger partial charge in [-0.3, -0.25) is 0 Å². The molecule has 0 nitrogen and oxygen atoms in total. The molecule has 15 heavy (non-hydrogen) atoms. The molecule has 0 heterocycles. The van der Waals surface area contributed by atoms with E-state index in [9.17, 15) is 0 Å². The fourth-order valence-corrected chi connectivity index (χ4v) is 2.33. The predicted octanol–water partition coefficient (Wildman–Crippen LogP) is 4.55. The molecule has 0 N–H and O–H groups in total. The zero-order valence-corrected chi connectivity index (χ0v) is 11.7. The molecule has 0 fully saturated rings. The number of rotatable bonds is 6. The smallest absolute Gasteiger partial charge is 0.0699 e. The Morgan fingerprint density at radius 3 is 1.47 bits per heavy atom. The van der Waals surface area contributed by atoms with E-state index in [2.05, 4.69) is 48.5 Å². The second-order valence-electron chi connectivity index (χ2n) is 5.68. The Hall–Kier alpha value is 0.0649. The van der Waals surface area contributed by atoms with E-state index in [4.69, 9.17) is 7.85 Å². The lowest BCUT2D eigenvalue weighted by molar-refractivity contribution is 0.164. The van der Waals surface area contributed by atoms with Crippen LogP contribution in [0.25, 0.3) is 0 Å². The van der Waals surface area contributed by atoms with E-state index in [1.165, 1.54) is 6.42 Å². The highest BCUT2D eigenvalue weighted by Gasteiger charge is 2.27. The molecule has 0 aliphatic rings. The van der Waals surface area contributed by atoms with E-state index in [0.29, 0.717) is 17.7 Å². The van der Waals surface area contributed by atoms with E-state index < -0.39 is 0 Å². The Bertz CT molecular complexity index is 165. The second kappa shape index (κ2) is 6.61. The lowest BCUT2D eigenvalue weighted by atomic mass is 9.66. The molecular weight excluding hydrogens is 179 g/mol. The van der Waals surface area contributed by atoms with Gasteiger partial charge in [-0.05, 0) is 29.6 Å². The minimum Gasteiger partial charge on any atom is -0.0774 e. The Kier molecular flexibility index (Phi) is 6.63. The van der Waals surface area contributed by atoms with Crippen molar-refractivity contribution in [1.82, 2.24) is 0 Å². The van der Waals surface area contributed by atoms with Gasteiger partial charge in [0.1, 0.15) is 0 Å². The minimum absolute atomic E-state index is 0.312. The highest BCUT2D eigenvalue weighted by Crippen LogP contribution is 2.35. The molecule has 0 aromatic carbocycles. The fourth-order valence-electron chi connectivity index (χ4n) is 2.33. The molecule has 0 aromatic heterocycles. The summed E-state index contributed by atoms with van der Waals surface area (Å²) in [7, 11) is 5.98. The van der Waals surface area contributed by atoms with E-state index in [1.54, 1.807) is 0 Å². The summed E-state index contributed by atoms with van der Waals surface area (Å²) in [6.07, 6.45) is 1.28. The molecule has 0 bridgehead atoms. The van der Waals surface area contributed by atoms with Gasteiger partial charge in [-0.2, -0.15) is 0 Å². The van der Waals surface area contributed by atoms with Gasteiger partial charge in [0.05, 0.1) is 7.85 Å². The Morgan fingerprint density at radius 1 is 0.733 bits per heavy atom. The van der Waals surface area contributed by atoms with Gasteiger partial charge >= 0.3 is 0 Å². The van der Waals surface area contributed by atoms with Gasteiger partial charge in [-0.25, -0.2) is 0 Å². The Balaban J connectivity index is 4.36. The molecule has 4 unspecified atom stereocenters. The fraction of sp³-hybridized carbons (Fsp3) is 1.00. The van der Waals surface area contributed by atoms with Crippen molar-refractivity contribution >= 4 is 7.85 Å². The summed E-state index contributed by atoms with van der Waals surface area (Å²) in [5.74, 6) is 4.03. The van der Waals surface area contributed by atoms with Gasteiger partial charge in [0.25, 0.3) is 0 Å². The second-order valence-corrected chi connectivity index (χ2v) is 5.68. The third-order valence-corrected chi connectivity index (χ3v) is 4.86. The van der Waals surface area contributed by atoms with Crippen LogP contribution >= 0.6 is 0 Å². The van der Waals surface area contributed by atoms with Crippen LogP contribution in [0.3, 0.4) is 0 Å². The highest BCUT2D eigenvalue weighted by molar-refractivity contribution is 6.11. The molecule has 0 saturated carbocycles. The quantitative estimate of drug-likeness (QED) is 0.561. The first-order chi connectivity index (χ1) is 6.82. The molecule has 0 aliphatic heterocycles. The Morgan fingerprint density at radius 2 is 1.13 bits per heavy atom. The molecule has 0 aromatic rings. The summed E-state index contributed by atoms with van der Waals surface area (Å²) in [5, 5.41) is 0. The van der Waals surface area contributed by atoms with Crippen molar-refractivity contribution in [1.29, 1.82) is 0 Å². The normalized spacial score (nSPS) is 23.9. The summed E-state index contributed by atoms with van der Waals surface area (Å²) in [5.41, 5.74) is 0. The minimum atomic E-state index is 0.312. The summed E-state index contributed by atoms with van der Waals surface area (Å²) >= 11 is 0. The van der Waals surface area contributed by atoms with Crippen LogP contribution in [0.1, 0.15) is 54.9 Å². The molecule has 0 amide bonds. The maximum atomic E-state index is 5.98. The van der Waals surface area contributed by atoms with Crippen LogP contribution < -0.4 is 0 Å². The molecule has 2 radical (unpaired) electrons. The average molecular weight is 208 g/mol. The third-order valence-electron chi connectivity index (χ3n) is 4.86. The van der Waals surface area contributed by atoms with Gasteiger partial charge < -0.3 is 0 Å². The van der Waals surface area contributed by atoms with Crippen LogP contribution in [0.5, 0.6) is 0 Å². The van der Waals surface area contributed by atoms with E-state index in [-0.39, 0.29) is 0 Å². The third kappa shape index (κ3) is 4.21. The average Bonchev–Trinajstić information content (AvgIpc) is 2.23. The van der Waals surface area contributed by atoms with Gasteiger partial charge in [0.15, 0.2) is 0 Å². The van der Waals surface area contributed by atoms with Crippen molar-refractivity contribution in [2.24, 2.45) is 29.6 Å². The van der Waals surface area contributed by atoms with Crippen molar-refractivity contribution in [2.75, 3.05) is 0 Å². The van der Waals surface area contributed by atoms with Crippen molar-refractivity contribution < 1.29 is 0 Å². The van der Waals surface area contributed by atoms with E-state index >= 15 is 0 Å². The lowest BCUT2D eigenvalue weighted by Gasteiger charge is -2.35. The molecule has 0 rings (SSSR count). The monoisotopic (exact) mass is 208 g/mol. The molecule has 6 atom stereocenters. The first-order valence-corrected chi connectivity index (χ1v) is 6.58. The molecule has 0 aliphatic carbocycles. The van der Waals surface area contributed by atoms with Crippen LogP contribution in [0.2, 0.25) is 5.82 Å². The van der Waals surface area contributed by atoms with E-state index in [0.717, 1.165) is 17.8 Å². The summed E-state index contributed by atoms with van der Waals surface area (Å²) in [4.78, 5) is 0.